The van der Waals surface area contributed by atoms with E-state index in [1.54, 1.807) is 0 Å². The van der Waals surface area contributed by atoms with Gasteiger partial charge in [-0.15, -0.1) is 0 Å². The van der Waals surface area contributed by atoms with Crippen LogP contribution in [-0.2, 0) is 17.9 Å². The predicted octanol–water partition coefficient (Wildman–Crippen LogP) is 2.20. The molecule has 0 N–H and O–H groups in total. The van der Waals surface area contributed by atoms with E-state index < -0.39 is 0 Å². The minimum Gasteiger partial charge on any atom is -0.377 e. The summed E-state index contributed by atoms with van der Waals surface area (Å²) < 4.78 is 5.38. The SMILES string of the molecule is CCOCc1ccc(CN=C(N(C)C)N(C)C)cc1. The summed E-state index contributed by atoms with van der Waals surface area (Å²) in [5.41, 5.74) is 2.41. The Morgan fingerprint density at radius 3 is 2.00 bits per heavy atom. The zero-order valence-corrected chi connectivity index (χ0v) is 12.7. The van der Waals surface area contributed by atoms with Crippen molar-refractivity contribution in [1.82, 2.24) is 9.80 Å². The van der Waals surface area contributed by atoms with Crippen molar-refractivity contribution in [2.24, 2.45) is 4.99 Å². The number of rotatable bonds is 5. The van der Waals surface area contributed by atoms with Crippen molar-refractivity contribution < 1.29 is 4.74 Å². The van der Waals surface area contributed by atoms with Gasteiger partial charge in [0.05, 0.1) is 13.2 Å². The summed E-state index contributed by atoms with van der Waals surface area (Å²) in [5, 5.41) is 0. The average molecular weight is 263 g/mol. The lowest BCUT2D eigenvalue weighted by atomic mass is 10.1. The highest BCUT2D eigenvalue weighted by Gasteiger charge is 2.03. The average Bonchev–Trinajstić information content (AvgIpc) is 2.37. The normalized spacial score (nSPS) is 10.2. The lowest BCUT2D eigenvalue weighted by Crippen LogP contribution is -2.35. The van der Waals surface area contributed by atoms with E-state index >= 15 is 0 Å². The van der Waals surface area contributed by atoms with Gasteiger partial charge in [0.1, 0.15) is 0 Å². The molecule has 4 nitrogen and oxygen atoms in total. The molecule has 1 rings (SSSR count). The van der Waals surface area contributed by atoms with Crippen molar-refractivity contribution in [2.75, 3.05) is 34.8 Å². The van der Waals surface area contributed by atoms with Crippen LogP contribution in [0.15, 0.2) is 29.3 Å². The molecule has 0 heterocycles. The number of guanidine groups is 1. The standard InChI is InChI=1S/C15H25N3O/c1-6-19-12-14-9-7-13(8-10-14)11-16-15(17(2)3)18(4)5/h7-10H,6,11-12H2,1-5H3. The number of hydrogen-bond acceptors (Lipinski definition) is 2. The van der Waals surface area contributed by atoms with Gasteiger partial charge in [-0.2, -0.15) is 0 Å². The summed E-state index contributed by atoms with van der Waals surface area (Å²) in [6.45, 7) is 4.13. The third-order valence-electron chi connectivity index (χ3n) is 2.70. The van der Waals surface area contributed by atoms with Crippen molar-refractivity contribution in [3.05, 3.63) is 35.4 Å². The van der Waals surface area contributed by atoms with E-state index in [-0.39, 0.29) is 0 Å². The van der Waals surface area contributed by atoms with E-state index in [4.69, 9.17) is 4.74 Å². The Bertz CT molecular complexity index is 386. The maximum atomic E-state index is 5.38. The molecule has 0 saturated carbocycles. The number of nitrogens with zero attached hydrogens (tertiary/aromatic N) is 3. The second-order valence-electron chi connectivity index (χ2n) is 4.86. The molecule has 0 amide bonds. The van der Waals surface area contributed by atoms with Gasteiger partial charge in [0, 0.05) is 34.8 Å². The van der Waals surface area contributed by atoms with Crippen LogP contribution in [0.25, 0.3) is 0 Å². The molecule has 0 aliphatic heterocycles. The van der Waals surface area contributed by atoms with Crippen LogP contribution in [0.2, 0.25) is 0 Å². The summed E-state index contributed by atoms with van der Waals surface area (Å²) in [4.78, 5) is 8.66. The topological polar surface area (TPSA) is 28.1 Å². The van der Waals surface area contributed by atoms with E-state index in [9.17, 15) is 0 Å². The van der Waals surface area contributed by atoms with Crippen LogP contribution in [0, 0.1) is 0 Å². The van der Waals surface area contributed by atoms with E-state index in [2.05, 4.69) is 29.3 Å². The Hall–Kier alpha value is -1.55. The monoisotopic (exact) mass is 263 g/mol. The fourth-order valence-corrected chi connectivity index (χ4v) is 1.81. The van der Waals surface area contributed by atoms with Gasteiger partial charge in [0.15, 0.2) is 5.96 Å². The lowest BCUT2D eigenvalue weighted by molar-refractivity contribution is 0.134. The summed E-state index contributed by atoms with van der Waals surface area (Å²) in [5.74, 6) is 0.971. The zero-order valence-electron chi connectivity index (χ0n) is 12.7. The third-order valence-corrected chi connectivity index (χ3v) is 2.70. The van der Waals surface area contributed by atoms with Gasteiger partial charge in [0.25, 0.3) is 0 Å². The highest BCUT2D eigenvalue weighted by molar-refractivity contribution is 5.79. The lowest BCUT2D eigenvalue weighted by Gasteiger charge is -2.22. The maximum absolute atomic E-state index is 5.38. The van der Waals surface area contributed by atoms with Crippen LogP contribution in [0.3, 0.4) is 0 Å². The van der Waals surface area contributed by atoms with Crippen LogP contribution in [0.1, 0.15) is 18.1 Å². The van der Waals surface area contributed by atoms with Crippen LogP contribution in [-0.4, -0.2) is 50.6 Å². The van der Waals surface area contributed by atoms with Gasteiger partial charge in [-0.1, -0.05) is 24.3 Å². The van der Waals surface area contributed by atoms with Gasteiger partial charge >= 0.3 is 0 Å². The summed E-state index contributed by atoms with van der Waals surface area (Å²) in [6, 6.07) is 8.43. The molecule has 0 aromatic heterocycles. The molecule has 106 valence electrons. The zero-order chi connectivity index (χ0) is 14.3. The van der Waals surface area contributed by atoms with Crippen LogP contribution in [0.4, 0.5) is 0 Å². The Balaban J connectivity index is 2.64. The van der Waals surface area contributed by atoms with Crippen molar-refractivity contribution in [3.63, 3.8) is 0 Å². The molecular formula is C15H25N3O. The molecule has 0 saturated heterocycles. The largest absolute Gasteiger partial charge is 0.377 e. The Morgan fingerprint density at radius 2 is 1.53 bits per heavy atom. The molecular weight excluding hydrogens is 238 g/mol. The van der Waals surface area contributed by atoms with Gasteiger partial charge in [0.2, 0.25) is 0 Å². The molecule has 0 bridgehead atoms. The molecule has 0 fully saturated rings. The number of benzene rings is 1. The molecule has 0 aliphatic rings. The minimum atomic E-state index is 0.681. The number of hydrogen-bond donors (Lipinski definition) is 0. The van der Waals surface area contributed by atoms with Crippen LogP contribution >= 0.6 is 0 Å². The first-order valence-electron chi connectivity index (χ1n) is 6.59. The molecule has 0 spiro atoms. The third kappa shape index (κ3) is 5.30. The van der Waals surface area contributed by atoms with Crippen LogP contribution in [0.5, 0.6) is 0 Å². The van der Waals surface area contributed by atoms with Gasteiger partial charge in [-0.3, -0.25) is 0 Å². The predicted molar refractivity (Wildman–Crippen MR) is 80.3 cm³/mol. The van der Waals surface area contributed by atoms with Gasteiger partial charge in [-0.25, -0.2) is 4.99 Å². The highest BCUT2D eigenvalue weighted by Crippen LogP contribution is 2.07. The molecule has 0 radical (unpaired) electrons. The first-order valence-corrected chi connectivity index (χ1v) is 6.59. The van der Waals surface area contributed by atoms with E-state index in [0.717, 1.165) is 12.6 Å². The minimum absolute atomic E-state index is 0.681. The number of aliphatic imine (C=N–C) groups is 1. The Kier molecular flexibility index (Phi) is 6.36. The maximum Gasteiger partial charge on any atom is 0.195 e. The van der Waals surface area contributed by atoms with Crippen molar-refractivity contribution in [1.29, 1.82) is 0 Å². The smallest absolute Gasteiger partial charge is 0.195 e. The molecule has 0 atom stereocenters. The van der Waals surface area contributed by atoms with Crippen molar-refractivity contribution >= 4 is 5.96 Å². The fraction of sp³-hybridized carbons (Fsp3) is 0.533. The molecule has 19 heavy (non-hydrogen) atoms. The summed E-state index contributed by atoms with van der Waals surface area (Å²) >= 11 is 0. The first kappa shape index (κ1) is 15.5. The Labute approximate surface area is 116 Å². The van der Waals surface area contributed by atoms with Crippen molar-refractivity contribution in [3.8, 4) is 0 Å². The van der Waals surface area contributed by atoms with E-state index in [1.165, 1.54) is 11.1 Å². The summed E-state index contributed by atoms with van der Waals surface area (Å²) in [7, 11) is 8.02. The van der Waals surface area contributed by atoms with E-state index in [1.807, 2.05) is 44.9 Å². The second-order valence-corrected chi connectivity index (χ2v) is 4.86. The van der Waals surface area contributed by atoms with Crippen molar-refractivity contribution in [2.45, 2.75) is 20.1 Å². The molecule has 4 heteroatoms. The second kappa shape index (κ2) is 7.79. The highest BCUT2D eigenvalue weighted by atomic mass is 16.5. The fourth-order valence-electron chi connectivity index (χ4n) is 1.81. The molecule has 0 unspecified atom stereocenters. The van der Waals surface area contributed by atoms with Crippen LogP contribution < -0.4 is 0 Å². The van der Waals surface area contributed by atoms with E-state index in [0.29, 0.717) is 13.2 Å². The molecule has 0 aliphatic carbocycles. The number of ether oxygens (including phenoxy) is 1. The summed E-state index contributed by atoms with van der Waals surface area (Å²) in [6.07, 6.45) is 0. The first-order chi connectivity index (χ1) is 9.04. The quantitative estimate of drug-likeness (QED) is 0.602. The van der Waals surface area contributed by atoms with Gasteiger partial charge in [-0.05, 0) is 18.1 Å². The Morgan fingerprint density at radius 1 is 1.00 bits per heavy atom. The molecule has 1 aromatic rings. The molecule has 1 aromatic carbocycles. The van der Waals surface area contributed by atoms with Gasteiger partial charge < -0.3 is 14.5 Å².